The second-order valence-corrected chi connectivity index (χ2v) is 7.70. The minimum Gasteiger partial charge on any atom is -0.481 e. The van der Waals surface area contributed by atoms with E-state index in [1.807, 2.05) is 30.3 Å². The average Bonchev–Trinajstić information content (AvgIpc) is 3.14. The highest BCUT2D eigenvalue weighted by molar-refractivity contribution is 7.99. The van der Waals surface area contributed by atoms with Crippen molar-refractivity contribution in [3.8, 4) is 0 Å². The van der Waals surface area contributed by atoms with Gasteiger partial charge in [-0.1, -0.05) is 36.0 Å². The van der Waals surface area contributed by atoms with Gasteiger partial charge in [-0.2, -0.15) is 0 Å². The van der Waals surface area contributed by atoms with Gasteiger partial charge in [0.05, 0.1) is 15.9 Å². The lowest BCUT2D eigenvalue weighted by atomic mass is 9.70. The van der Waals surface area contributed by atoms with Crippen LogP contribution >= 0.6 is 11.8 Å². The molecule has 3 fully saturated rings. The van der Waals surface area contributed by atoms with Gasteiger partial charge >= 0.3 is 5.97 Å². The summed E-state index contributed by atoms with van der Waals surface area (Å²) in [6.07, 6.45) is 0.981. The van der Waals surface area contributed by atoms with E-state index in [4.69, 9.17) is 0 Å². The lowest BCUT2D eigenvalue weighted by Crippen LogP contribution is -2.41. The molecule has 0 spiro atoms. The van der Waals surface area contributed by atoms with Gasteiger partial charge in [0, 0.05) is 17.5 Å². The molecule has 2 aromatic carbocycles. The Hall–Kier alpha value is -2.34. The molecule has 2 bridgehead atoms. The Morgan fingerprint density at radius 1 is 1.12 bits per heavy atom. The molecule has 1 saturated carbocycles. The molecule has 0 radical (unpaired) electrons. The van der Waals surface area contributed by atoms with Crippen molar-refractivity contribution in [3.63, 3.8) is 0 Å². The maximum absolute atomic E-state index is 14.4. The molecule has 5 rings (SSSR count). The van der Waals surface area contributed by atoms with Crippen LogP contribution in [0, 0.1) is 11.2 Å². The van der Waals surface area contributed by atoms with E-state index >= 15 is 0 Å². The Labute approximate surface area is 148 Å². The predicted molar refractivity (Wildman–Crippen MR) is 91.1 cm³/mol. The minimum absolute atomic E-state index is 0.0542. The highest BCUT2D eigenvalue weighted by atomic mass is 32.2. The number of hydrogen-bond acceptors (Lipinski definition) is 3. The summed E-state index contributed by atoms with van der Waals surface area (Å²) in [5.74, 6) is -1.58. The van der Waals surface area contributed by atoms with Crippen LogP contribution in [0.15, 0.2) is 58.3 Å². The third kappa shape index (κ3) is 2.61. The zero-order valence-corrected chi connectivity index (χ0v) is 14.1. The van der Waals surface area contributed by atoms with Crippen LogP contribution in [0.3, 0.4) is 0 Å². The van der Waals surface area contributed by atoms with Crippen LogP contribution in [0.2, 0.25) is 0 Å². The largest absolute Gasteiger partial charge is 0.481 e. The van der Waals surface area contributed by atoms with Gasteiger partial charge < -0.3 is 10.0 Å². The summed E-state index contributed by atoms with van der Waals surface area (Å²) in [5, 5.41) is 9.37. The van der Waals surface area contributed by atoms with E-state index in [0.717, 1.165) is 4.90 Å². The number of nitrogens with zero attached hydrogens (tertiary/aromatic N) is 1. The summed E-state index contributed by atoms with van der Waals surface area (Å²) >= 11 is 1.21. The van der Waals surface area contributed by atoms with E-state index in [2.05, 4.69) is 0 Å². The molecule has 2 aromatic rings. The molecule has 25 heavy (non-hydrogen) atoms. The van der Waals surface area contributed by atoms with Gasteiger partial charge in [0.25, 0.3) is 5.91 Å². The van der Waals surface area contributed by atoms with E-state index in [9.17, 15) is 19.1 Å². The van der Waals surface area contributed by atoms with Gasteiger partial charge in [0.1, 0.15) is 5.82 Å². The van der Waals surface area contributed by atoms with Crippen LogP contribution in [-0.4, -0.2) is 34.5 Å². The SMILES string of the molecule is O=C(c1cccc(F)c1Sc1ccccc1)N1CC2(C(=O)O)CC1C2. The molecular formula is C19H16FNO3S. The van der Waals surface area contributed by atoms with E-state index in [1.165, 1.54) is 23.9 Å². The Balaban J connectivity index is 1.64. The summed E-state index contributed by atoms with van der Waals surface area (Å²) in [6, 6.07) is 13.7. The van der Waals surface area contributed by atoms with Gasteiger partial charge in [-0.25, -0.2) is 4.39 Å². The van der Waals surface area contributed by atoms with E-state index in [0.29, 0.717) is 18.4 Å². The first-order valence-corrected chi connectivity index (χ1v) is 8.88. The summed E-state index contributed by atoms with van der Waals surface area (Å²) in [7, 11) is 0. The second kappa shape index (κ2) is 5.88. The van der Waals surface area contributed by atoms with Crippen molar-refractivity contribution < 1.29 is 19.1 Å². The van der Waals surface area contributed by atoms with Crippen molar-refractivity contribution >= 4 is 23.6 Å². The molecule has 128 valence electrons. The number of carbonyl (C=O) groups excluding carboxylic acids is 1. The van der Waals surface area contributed by atoms with Gasteiger partial charge in [0.2, 0.25) is 0 Å². The molecule has 6 heteroatoms. The Morgan fingerprint density at radius 2 is 1.84 bits per heavy atom. The maximum Gasteiger partial charge on any atom is 0.311 e. The first-order chi connectivity index (χ1) is 12.0. The molecule has 1 amide bonds. The highest BCUT2D eigenvalue weighted by Crippen LogP contribution is 2.52. The predicted octanol–water partition coefficient (Wildman–Crippen LogP) is 3.67. The first-order valence-electron chi connectivity index (χ1n) is 8.06. The fourth-order valence-corrected chi connectivity index (χ4v) is 4.63. The van der Waals surface area contributed by atoms with Crippen LogP contribution in [0.5, 0.6) is 0 Å². The second-order valence-electron chi connectivity index (χ2n) is 6.61. The molecule has 1 N–H and O–H groups in total. The number of carboxylic acids is 1. The highest BCUT2D eigenvalue weighted by Gasteiger charge is 2.61. The summed E-state index contributed by atoms with van der Waals surface area (Å²) in [6.45, 7) is 0.206. The fraction of sp³-hybridized carbons (Fsp3) is 0.263. The topological polar surface area (TPSA) is 57.6 Å². The van der Waals surface area contributed by atoms with Crippen molar-refractivity contribution in [2.75, 3.05) is 6.54 Å². The standard InChI is InChI=1S/C19H16FNO3S/c20-15-8-4-7-14(16(15)25-13-5-2-1-3-6-13)17(22)21-11-19(18(23)24)9-12(21)10-19/h1-8,12H,9-11H2,(H,23,24). The fourth-order valence-electron chi connectivity index (χ4n) is 3.67. The van der Waals surface area contributed by atoms with Gasteiger partial charge in [-0.05, 0) is 37.1 Å². The molecule has 0 aromatic heterocycles. The molecule has 2 saturated heterocycles. The molecule has 2 aliphatic heterocycles. The number of carboxylic acid groups (broad SMARTS) is 1. The quantitative estimate of drug-likeness (QED) is 0.907. The summed E-state index contributed by atoms with van der Waals surface area (Å²) in [5.41, 5.74) is -0.512. The number of halogens is 1. The van der Waals surface area contributed by atoms with Crippen LogP contribution < -0.4 is 0 Å². The Morgan fingerprint density at radius 3 is 2.48 bits per heavy atom. The summed E-state index contributed by atoms with van der Waals surface area (Å²) < 4.78 is 14.4. The summed E-state index contributed by atoms with van der Waals surface area (Å²) in [4.78, 5) is 27.1. The molecule has 4 nitrogen and oxygen atoms in total. The third-order valence-corrected chi connectivity index (χ3v) is 6.17. The maximum atomic E-state index is 14.4. The van der Waals surface area contributed by atoms with Crippen LogP contribution in [0.4, 0.5) is 4.39 Å². The number of hydrogen-bond donors (Lipinski definition) is 1. The van der Waals surface area contributed by atoms with Gasteiger partial charge in [-0.3, -0.25) is 9.59 Å². The van der Waals surface area contributed by atoms with Crippen LogP contribution in [0.1, 0.15) is 23.2 Å². The van der Waals surface area contributed by atoms with Gasteiger partial charge in [0.15, 0.2) is 0 Å². The lowest BCUT2D eigenvalue weighted by molar-refractivity contribution is -0.150. The molecule has 0 atom stereocenters. The van der Waals surface area contributed by atoms with E-state index in [-0.39, 0.29) is 23.4 Å². The molecule has 3 aliphatic rings. The number of rotatable bonds is 4. The van der Waals surface area contributed by atoms with Crippen LogP contribution in [0.25, 0.3) is 0 Å². The number of carbonyl (C=O) groups is 2. The first kappa shape index (κ1) is 16.1. The molecule has 1 aliphatic carbocycles. The minimum atomic E-state index is -0.850. The smallest absolute Gasteiger partial charge is 0.311 e. The monoisotopic (exact) mass is 357 g/mol. The lowest BCUT2D eigenvalue weighted by Gasteiger charge is -2.32. The molecular weight excluding hydrogens is 341 g/mol. The van der Waals surface area contributed by atoms with E-state index < -0.39 is 17.2 Å². The average molecular weight is 357 g/mol. The third-order valence-electron chi connectivity index (χ3n) is 5.04. The van der Waals surface area contributed by atoms with Crippen molar-refractivity contribution in [1.82, 2.24) is 4.90 Å². The van der Waals surface area contributed by atoms with Gasteiger partial charge in [-0.15, -0.1) is 0 Å². The normalized spacial score (nSPS) is 24.0. The van der Waals surface area contributed by atoms with Crippen LogP contribution in [-0.2, 0) is 4.79 Å². The number of fused-ring (bicyclic) bond motifs is 1. The Bertz CT molecular complexity index is 849. The van der Waals surface area contributed by atoms with E-state index in [1.54, 1.807) is 11.0 Å². The number of amides is 1. The zero-order chi connectivity index (χ0) is 17.6. The van der Waals surface area contributed by atoms with Crippen molar-refractivity contribution in [3.05, 3.63) is 59.9 Å². The Kier molecular flexibility index (Phi) is 3.80. The molecule has 0 unspecified atom stereocenters. The molecule has 2 heterocycles. The van der Waals surface area contributed by atoms with Crippen molar-refractivity contribution in [1.29, 1.82) is 0 Å². The zero-order valence-electron chi connectivity index (χ0n) is 13.3. The van der Waals surface area contributed by atoms with Crippen molar-refractivity contribution in [2.45, 2.75) is 28.7 Å². The number of aliphatic carboxylic acids is 1. The number of benzene rings is 2. The van der Waals surface area contributed by atoms with Crippen molar-refractivity contribution in [2.24, 2.45) is 5.41 Å².